The van der Waals surface area contributed by atoms with Crippen LogP contribution in [-0.4, -0.2) is 35.5 Å². The first-order valence-electron chi connectivity index (χ1n) is 9.15. The minimum absolute atomic E-state index is 0. The molecule has 2 N–H and O–H groups in total. The Morgan fingerprint density at radius 3 is 2.29 bits per heavy atom. The van der Waals surface area contributed by atoms with Crippen molar-refractivity contribution in [3.05, 3.63) is 52.0 Å². The number of aromatic hydroxyl groups is 1. The predicted molar refractivity (Wildman–Crippen MR) is 117 cm³/mol. The van der Waals surface area contributed by atoms with Crippen LogP contribution in [0.25, 0.3) is 11.1 Å². The third-order valence-corrected chi connectivity index (χ3v) is 5.36. The Labute approximate surface area is 182 Å². The molecule has 0 atom stereocenters. The average molecular weight is 444 g/mol. The second-order valence-corrected chi connectivity index (χ2v) is 8.08. The molecule has 1 aliphatic rings. The largest absolute Gasteiger partial charge is 0.508 e. The lowest BCUT2D eigenvalue weighted by Crippen LogP contribution is -2.37. The van der Waals surface area contributed by atoms with Crippen molar-refractivity contribution in [2.24, 2.45) is 5.92 Å². The molecule has 1 fully saturated rings. The third-order valence-electron chi connectivity index (χ3n) is 4.93. The molecule has 2 aromatic rings. The normalized spacial score (nSPS) is 15.1. The van der Waals surface area contributed by atoms with Gasteiger partial charge in [0.05, 0.1) is 0 Å². The van der Waals surface area contributed by atoms with E-state index in [1.807, 2.05) is 12.1 Å². The molecule has 0 aliphatic carbocycles. The summed E-state index contributed by atoms with van der Waals surface area (Å²) in [6, 6.07) is 11.0. The minimum Gasteiger partial charge on any atom is -0.508 e. The van der Waals surface area contributed by atoms with E-state index in [0.29, 0.717) is 16.0 Å². The van der Waals surface area contributed by atoms with Crippen LogP contribution in [0.4, 0.5) is 0 Å². The highest BCUT2D eigenvalue weighted by Crippen LogP contribution is 2.31. The van der Waals surface area contributed by atoms with Gasteiger partial charge >= 0.3 is 0 Å². The quantitative estimate of drug-likeness (QED) is 0.673. The maximum absolute atomic E-state index is 11.1. The number of phenols is 1. The molecular formula is C21H25Cl3N2O2. The van der Waals surface area contributed by atoms with E-state index in [1.165, 1.54) is 0 Å². The fourth-order valence-electron chi connectivity index (χ4n) is 3.55. The number of carbonyl (C=O) groups is 1. The molecule has 0 spiro atoms. The van der Waals surface area contributed by atoms with E-state index in [0.717, 1.165) is 55.7 Å². The molecule has 0 bridgehead atoms. The maximum Gasteiger partial charge on any atom is 0.216 e. The van der Waals surface area contributed by atoms with Gasteiger partial charge in [0.2, 0.25) is 5.91 Å². The first-order chi connectivity index (χ1) is 12.9. The van der Waals surface area contributed by atoms with Crippen LogP contribution in [0.15, 0.2) is 36.4 Å². The summed E-state index contributed by atoms with van der Waals surface area (Å²) in [5.74, 6) is 0.809. The van der Waals surface area contributed by atoms with Crippen molar-refractivity contribution in [2.75, 3.05) is 19.6 Å². The van der Waals surface area contributed by atoms with Crippen molar-refractivity contribution in [1.29, 1.82) is 0 Å². The zero-order chi connectivity index (χ0) is 19.4. The van der Waals surface area contributed by atoms with E-state index in [4.69, 9.17) is 23.2 Å². The molecule has 4 nitrogen and oxygen atoms in total. The number of nitrogens with zero attached hydrogens (tertiary/aromatic N) is 1. The lowest BCUT2D eigenvalue weighted by Gasteiger charge is -2.32. The summed E-state index contributed by atoms with van der Waals surface area (Å²) in [5, 5.41) is 14.2. The smallest absolute Gasteiger partial charge is 0.216 e. The van der Waals surface area contributed by atoms with Crippen molar-refractivity contribution in [3.8, 4) is 16.9 Å². The lowest BCUT2D eigenvalue weighted by atomic mass is 9.96. The number of benzene rings is 2. The number of hydrogen-bond donors (Lipinski definition) is 2. The Morgan fingerprint density at radius 1 is 1.07 bits per heavy atom. The van der Waals surface area contributed by atoms with Crippen LogP contribution in [0.3, 0.4) is 0 Å². The van der Waals surface area contributed by atoms with E-state index in [1.54, 1.807) is 25.1 Å². The standard InChI is InChI=1S/C21H24Cl2N2O2.ClH/c1-14(26)24-12-15-2-4-25(5-3-15)13-16-6-17(10-21(27)7-16)18-8-19(22)11-20(23)9-18;/h6-11,15,27H,2-5,12-13H2,1H3,(H,24,26);1H. The van der Waals surface area contributed by atoms with Crippen LogP contribution in [0.5, 0.6) is 5.75 Å². The van der Waals surface area contributed by atoms with Crippen LogP contribution in [0.1, 0.15) is 25.3 Å². The highest BCUT2D eigenvalue weighted by Gasteiger charge is 2.19. The van der Waals surface area contributed by atoms with Gasteiger partial charge in [-0.1, -0.05) is 23.2 Å². The molecule has 0 radical (unpaired) electrons. The fraction of sp³-hybridized carbons (Fsp3) is 0.381. The Balaban J connectivity index is 0.00000280. The second kappa shape index (κ2) is 10.4. The van der Waals surface area contributed by atoms with Gasteiger partial charge in [0.25, 0.3) is 0 Å². The Kier molecular flexibility index (Phi) is 8.44. The Bertz CT molecular complexity index is 801. The van der Waals surface area contributed by atoms with Crippen molar-refractivity contribution in [3.63, 3.8) is 0 Å². The minimum atomic E-state index is 0. The van der Waals surface area contributed by atoms with Crippen LogP contribution in [-0.2, 0) is 11.3 Å². The maximum atomic E-state index is 11.1. The van der Waals surface area contributed by atoms with Crippen molar-refractivity contribution >= 4 is 41.5 Å². The third kappa shape index (κ3) is 6.56. The molecule has 1 amide bonds. The van der Waals surface area contributed by atoms with Gasteiger partial charge in [0.1, 0.15) is 5.75 Å². The van der Waals surface area contributed by atoms with E-state index in [-0.39, 0.29) is 24.1 Å². The number of hydrogen-bond acceptors (Lipinski definition) is 3. The molecule has 0 aromatic heterocycles. The number of carbonyl (C=O) groups excluding carboxylic acids is 1. The average Bonchev–Trinajstić information content (AvgIpc) is 2.60. The molecular weight excluding hydrogens is 419 g/mol. The van der Waals surface area contributed by atoms with Crippen LogP contribution in [0.2, 0.25) is 10.0 Å². The molecule has 2 aromatic carbocycles. The van der Waals surface area contributed by atoms with Gasteiger partial charge in [0.15, 0.2) is 0 Å². The van der Waals surface area contributed by atoms with Crippen molar-refractivity contribution in [1.82, 2.24) is 10.2 Å². The van der Waals surface area contributed by atoms with Crippen molar-refractivity contribution < 1.29 is 9.90 Å². The SMILES string of the molecule is CC(=O)NCC1CCN(Cc2cc(O)cc(-c3cc(Cl)cc(Cl)c3)c2)CC1.Cl. The van der Waals surface area contributed by atoms with Crippen LogP contribution >= 0.6 is 35.6 Å². The van der Waals surface area contributed by atoms with Crippen LogP contribution < -0.4 is 5.32 Å². The monoisotopic (exact) mass is 442 g/mol. The first-order valence-corrected chi connectivity index (χ1v) is 9.91. The number of phenolic OH excluding ortho intramolecular Hbond substituents is 1. The predicted octanol–water partition coefficient (Wildman–Crippen LogP) is 5.14. The second-order valence-electron chi connectivity index (χ2n) is 7.20. The highest BCUT2D eigenvalue weighted by atomic mass is 35.5. The number of nitrogens with one attached hydrogen (secondary N) is 1. The lowest BCUT2D eigenvalue weighted by molar-refractivity contribution is -0.119. The zero-order valence-corrected chi connectivity index (χ0v) is 18.1. The Morgan fingerprint density at radius 2 is 1.68 bits per heavy atom. The molecule has 152 valence electrons. The van der Waals surface area contributed by atoms with Gasteiger partial charge < -0.3 is 10.4 Å². The van der Waals surface area contributed by atoms with E-state index in [9.17, 15) is 9.90 Å². The highest BCUT2D eigenvalue weighted by molar-refractivity contribution is 6.35. The van der Waals surface area contributed by atoms with Gasteiger partial charge in [-0.05, 0) is 84.9 Å². The molecule has 7 heteroatoms. The molecule has 0 saturated carbocycles. The van der Waals surface area contributed by atoms with Gasteiger partial charge in [-0.2, -0.15) is 0 Å². The summed E-state index contributed by atoms with van der Waals surface area (Å²) >= 11 is 12.2. The topological polar surface area (TPSA) is 52.6 Å². The fourth-order valence-corrected chi connectivity index (χ4v) is 4.07. The van der Waals surface area contributed by atoms with Gasteiger partial charge in [-0.3, -0.25) is 9.69 Å². The summed E-state index contributed by atoms with van der Waals surface area (Å²) in [5.41, 5.74) is 2.84. The molecule has 0 unspecified atom stereocenters. The first kappa shape index (κ1) is 22.8. The number of likely N-dealkylation sites (tertiary alicyclic amines) is 1. The van der Waals surface area contributed by atoms with Crippen LogP contribution in [0, 0.1) is 5.92 Å². The summed E-state index contributed by atoms with van der Waals surface area (Å²) in [7, 11) is 0. The number of halogens is 3. The van der Waals surface area contributed by atoms with Gasteiger partial charge in [-0.25, -0.2) is 0 Å². The molecule has 1 heterocycles. The van der Waals surface area contributed by atoms with Crippen molar-refractivity contribution in [2.45, 2.75) is 26.3 Å². The van der Waals surface area contributed by atoms with E-state index >= 15 is 0 Å². The Hall–Kier alpha value is -1.46. The number of amides is 1. The summed E-state index contributed by atoms with van der Waals surface area (Å²) < 4.78 is 0. The summed E-state index contributed by atoms with van der Waals surface area (Å²) in [6.07, 6.45) is 2.13. The zero-order valence-electron chi connectivity index (χ0n) is 15.8. The molecule has 1 saturated heterocycles. The summed E-state index contributed by atoms with van der Waals surface area (Å²) in [6.45, 7) is 5.07. The summed E-state index contributed by atoms with van der Waals surface area (Å²) in [4.78, 5) is 13.4. The van der Waals surface area contributed by atoms with E-state index < -0.39 is 0 Å². The number of rotatable bonds is 5. The number of piperidine rings is 1. The van der Waals surface area contributed by atoms with Gasteiger partial charge in [-0.15, -0.1) is 12.4 Å². The van der Waals surface area contributed by atoms with E-state index in [2.05, 4.69) is 16.3 Å². The molecule has 3 rings (SSSR count). The van der Waals surface area contributed by atoms with Gasteiger partial charge in [0, 0.05) is 30.1 Å². The molecule has 28 heavy (non-hydrogen) atoms. The molecule has 1 aliphatic heterocycles.